The molecule has 2 aromatic carbocycles. The van der Waals surface area contributed by atoms with E-state index >= 15 is 0 Å². The molecule has 2 aromatic rings. The summed E-state index contributed by atoms with van der Waals surface area (Å²) in [6.45, 7) is 2.72. The molecule has 0 atom stereocenters. The van der Waals surface area contributed by atoms with Crippen LogP contribution in [0.4, 0.5) is 10.1 Å². The van der Waals surface area contributed by atoms with E-state index in [4.69, 9.17) is 0 Å². The third-order valence-corrected chi connectivity index (χ3v) is 3.61. The summed E-state index contributed by atoms with van der Waals surface area (Å²) < 4.78 is 13.2. The van der Waals surface area contributed by atoms with Gasteiger partial charge >= 0.3 is 0 Å². The lowest BCUT2D eigenvalue weighted by Gasteiger charge is -2.23. The minimum atomic E-state index is -0.346. The third-order valence-electron chi connectivity index (χ3n) is 3.61. The molecule has 0 unspecified atom stereocenters. The van der Waals surface area contributed by atoms with Crippen molar-refractivity contribution < 1.29 is 14.0 Å². The van der Waals surface area contributed by atoms with Gasteiger partial charge in [-0.25, -0.2) is 4.39 Å². The smallest absolute Gasteiger partial charge is 0.258 e. The molecule has 0 bridgehead atoms. The molecule has 0 saturated carbocycles. The molecule has 4 nitrogen and oxygen atoms in total. The van der Waals surface area contributed by atoms with E-state index < -0.39 is 0 Å². The second-order valence-electron chi connectivity index (χ2n) is 5.36. The monoisotopic (exact) mass is 328 g/mol. The topological polar surface area (TPSA) is 49.4 Å². The van der Waals surface area contributed by atoms with Crippen LogP contribution in [0, 0.1) is 5.82 Å². The van der Waals surface area contributed by atoms with Crippen LogP contribution in [0.15, 0.2) is 54.6 Å². The summed E-state index contributed by atoms with van der Waals surface area (Å²) in [5.41, 5.74) is 1.20. The van der Waals surface area contributed by atoms with Crippen LogP contribution in [-0.4, -0.2) is 24.9 Å². The zero-order valence-electron chi connectivity index (χ0n) is 13.7. The van der Waals surface area contributed by atoms with Gasteiger partial charge in [-0.3, -0.25) is 9.59 Å². The first-order chi connectivity index (χ1) is 11.6. The number of carbonyl (C=O) groups excluding carboxylic acids is 2. The van der Waals surface area contributed by atoms with Crippen LogP contribution in [0.25, 0.3) is 0 Å². The Morgan fingerprint density at radius 3 is 2.33 bits per heavy atom. The first-order valence-corrected chi connectivity index (χ1v) is 8.01. The van der Waals surface area contributed by atoms with E-state index in [1.807, 2.05) is 6.07 Å². The maximum atomic E-state index is 13.2. The number of carbonyl (C=O) groups is 2. The quantitative estimate of drug-likeness (QED) is 0.792. The largest absolute Gasteiger partial charge is 0.356 e. The van der Waals surface area contributed by atoms with Crippen molar-refractivity contribution in [1.29, 1.82) is 0 Å². The fourth-order valence-corrected chi connectivity index (χ4v) is 2.30. The number of benzene rings is 2. The third kappa shape index (κ3) is 4.91. The van der Waals surface area contributed by atoms with Crippen LogP contribution < -0.4 is 10.2 Å². The van der Waals surface area contributed by atoms with Gasteiger partial charge in [0.05, 0.1) is 0 Å². The standard InChI is InChI=1S/C19H21FN2O2/c1-2-18(23)21-13-6-14-22(17-11-9-16(20)10-12-17)19(24)15-7-4-3-5-8-15/h3-5,7-12H,2,6,13-14H2,1H3,(H,21,23). The fourth-order valence-electron chi connectivity index (χ4n) is 2.30. The lowest BCUT2D eigenvalue weighted by Crippen LogP contribution is -2.34. The first kappa shape index (κ1) is 17.7. The van der Waals surface area contributed by atoms with Gasteiger partial charge in [0.25, 0.3) is 5.91 Å². The van der Waals surface area contributed by atoms with Crippen LogP contribution in [0.3, 0.4) is 0 Å². The van der Waals surface area contributed by atoms with Crippen LogP contribution in [0.5, 0.6) is 0 Å². The first-order valence-electron chi connectivity index (χ1n) is 8.01. The van der Waals surface area contributed by atoms with E-state index in [-0.39, 0.29) is 17.6 Å². The SMILES string of the molecule is CCC(=O)NCCCN(C(=O)c1ccccc1)c1ccc(F)cc1. The highest BCUT2D eigenvalue weighted by atomic mass is 19.1. The molecule has 24 heavy (non-hydrogen) atoms. The second kappa shape index (κ2) is 8.82. The summed E-state index contributed by atoms with van der Waals surface area (Å²) in [7, 11) is 0. The van der Waals surface area contributed by atoms with E-state index in [2.05, 4.69) is 5.32 Å². The van der Waals surface area contributed by atoms with Crippen molar-refractivity contribution in [3.8, 4) is 0 Å². The highest BCUT2D eigenvalue weighted by molar-refractivity contribution is 6.06. The zero-order chi connectivity index (χ0) is 17.4. The number of halogens is 1. The molecule has 0 aliphatic rings. The molecular formula is C19H21FN2O2. The molecule has 0 aliphatic heterocycles. The molecule has 0 heterocycles. The van der Waals surface area contributed by atoms with Crippen LogP contribution in [0.2, 0.25) is 0 Å². The number of anilines is 1. The minimum absolute atomic E-state index is 0.0160. The summed E-state index contributed by atoms with van der Waals surface area (Å²) in [5, 5.41) is 2.79. The van der Waals surface area contributed by atoms with Crippen molar-refractivity contribution in [2.75, 3.05) is 18.0 Å². The van der Waals surface area contributed by atoms with Crippen LogP contribution in [-0.2, 0) is 4.79 Å². The Morgan fingerprint density at radius 2 is 1.71 bits per heavy atom. The van der Waals surface area contributed by atoms with Crippen molar-refractivity contribution in [2.24, 2.45) is 0 Å². The number of nitrogens with zero attached hydrogens (tertiary/aromatic N) is 1. The van der Waals surface area contributed by atoms with Gasteiger partial charge in [0.2, 0.25) is 5.91 Å². The molecule has 0 fully saturated rings. The summed E-state index contributed by atoms with van der Waals surface area (Å²) in [6.07, 6.45) is 1.05. The Hall–Kier alpha value is -2.69. The van der Waals surface area contributed by atoms with E-state index in [1.165, 1.54) is 12.1 Å². The average molecular weight is 328 g/mol. The Bertz CT molecular complexity index is 672. The predicted molar refractivity (Wildman–Crippen MR) is 92.4 cm³/mol. The molecular weight excluding hydrogens is 307 g/mol. The fraction of sp³-hybridized carbons (Fsp3) is 0.263. The van der Waals surface area contributed by atoms with Crippen molar-refractivity contribution in [2.45, 2.75) is 19.8 Å². The molecule has 0 aliphatic carbocycles. The molecule has 2 rings (SSSR count). The minimum Gasteiger partial charge on any atom is -0.356 e. The Morgan fingerprint density at radius 1 is 1.04 bits per heavy atom. The van der Waals surface area contributed by atoms with Gasteiger partial charge in [-0.2, -0.15) is 0 Å². The molecule has 0 radical (unpaired) electrons. The Kier molecular flexibility index (Phi) is 6.49. The number of nitrogens with one attached hydrogen (secondary N) is 1. The maximum Gasteiger partial charge on any atom is 0.258 e. The maximum absolute atomic E-state index is 13.2. The average Bonchev–Trinajstić information content (AvgIpc) is 2.63. The van der Waals surface area contributed by atoms with Gasteiger partial charge in [-0.1, -0.05) is 25.1 Å². The van der Waals surface area contributed by atoms with Crippen LogP contribution in [0.1, 0.15) is 30.1 Å². The second-order valence-corrected chi connectivity index (χ2v) is 5.36. The molecule has 1 N–H and O–H groups in total. The lowest BCUT2D eigenvalue weighted by atomic mass is 10.1. The number of rotatable bonds is 7. The van der Waals surface area contributed by atoms with E-state index in [1.54, 1.807) is 48.2 Å². The molecule has 0 spiro atoms. The van der Waals surface area contributed by atoms with E-state index in [0.29, 0.717) is 37.2 Å². The molecule has 2 amide bonds. The highest BCUT2D eigenvalue weighted by Gasteiger charge is 2.17. The normalized spacial score (nSPS) is 10.2. The van der Waals surface area contributed by atoms with Crippen molar-refractivity contribution in [3.63, 3.8) is 0 Å². The molecule has 126 valence electrons. The van der Waals surface area contributed by atoms with Gasteiger partial charge in [-0.05, 0) is 42.8 Å². The Balaban J connectivity index is 2.11. The van der Waals surface area contributed by atoms with Gasteiger partial charge in [0, 0.05) is 30.8 Å². The van der Waals surface area contributed by atoms with Gasteiger partial charge in [-0.15, -0.1) is 0 Å². The summed E-state index contributed by atoms with van der Waals surface area (Å²) >= 11 is 0. The molecule has 0 saturated heterocycles. The number of hydrogen-bond acceptors (Lipinski definition) is 2. The summed E-state index contributed by atoms with van der Waals surface area (Å²) in [5.74, 6) is -0.511. The number of hydrogen-bond donors (Lipinski definition) is 1. The van der Waals surface area contributed by atoms with E-state index in [0.717, 1.165) is 0 Å². The zero-order valence-corrected chi connectivity index (χ0v) is 13.7. The van der Waals surface area contributed by atoms with Gasteiger partial charge in [0.15, 0.2) is 0 Å². The van der Waals surface area contributed by atoms with Crippen molar-refractivity contribution in [3.05, 3.63) is 66.0 Å². The predicted octanol–water partition coefficient (Wildman–Crippen LogP) is 3.39. The highest BCUT2D eigenvalue weighted by Crippen LogP contribution is 2.18. The Labute approximate surface area is 141 Å². The van der Waals surface area contributed by atoms with Crippen molar-refractivity contribution >= 4 is 17.5 Å². The lowest BCUT2D eigenvalue weighted by molar-refractivity contribution is -0.120. The molecule has 0 aromatic heterocycles. The summed E-state index contributed by atoms with van der Waals surface area (Å²) in [4.78, 5) is 25.6. The van der Waals surface area contributed by atoms with Gasteiger partial charge in [0.1, 0.15) is 5.82 Å². The van der Waals surface area contributed by atoms with Crippen LogP contribution >= 0.6 is 0 Å². The van der Waals surface area contributed by atoms with Gasteiger partial charge < -0.3 is 10.2 Å². The molecule has 5 heteroatoms. The number of amides is 2. The summed E-state index contributed by atoms with van der Waals surface area (Å²) in [6, 6.07) is 14.8. The van der Waals surface area contributed by atoms with Crippen molar-refractivity contribution in [1.82, 2.24) is 5.32 Å². The van der Waals surface area contributed by atoms with E-state index in [9.17, 15) is 14.0 Å².